The number of nitrogens with one attached hydrogen (secondary N) is 1. The van der Waals surface area contributed by atoms with Gasteiger partial charge in [0, 0.05) is 19.6 Å². The van der Waals surface area contributed by atoms with Crippen LogP contribution in [0.15, 0.2) is 24.3 Å². The molecule has 1 atom stereocenters. The van der Waals surface area contributed by atoms with Crippen molar-refractivity contribution in [1.82, 2.24) is 10.2 Å². The van der Waals surface area contributed by atoms with E-state index in [1.165, 1.54) is 0 Å². The molecule has 6 nitrogen and oxygen atoms in total. The molecule has 3 aliphatic rings. The molecule has 1 aliphatic carbocycles. The van der Waals surface area contributed by atoms with Gasteiger partial charge in [0.1, 0.15) is 11.8 Å². The third-order valence-corrected chi connectivity index (χ3v) is 6.57. The Hall–Kier alpha value is -2.08. The standard InChI is InChI=1S/C20H26N2O4/c1-26-15-4-2-14(3-5-15)20(6-7-20)18(25)22-10-8-19(9-11-22)12-16(17(23)24)21-13-19/h2-5,16,21H,6-13H2,1H3,(H,23,24)/t16-/m0/s1. The summed E-state index contributed by atoms with van der Waals surface area (Å²) in [5.41, 5.74) is 0.766. The van der Waals surface area contributed by atoms with E-state index < -0.39 is 12.0 Å². The highest BCUT2D eigenvalue weighted by Gasteiger charge is 2.54. The van der Waals surface area contributed by atoms with E-state index in [2.05, 4.69) is 5.32 Å². The number of methoxy groups -OCH3 is 1. The van der Waals surface area contributed by atoms with Gasteiger partial charge in [0.2, 0.25) is 5.91 Å². The minimum atomic E-state index is -0.767. The van der Waals surface area contributed by atoms with E-state index in [1.54, 1.807) is 7.11 Å². The first-order valence-corrected chi connectivity index (χ1v) is 9.38. The fourth-order valence-electron chi connectivity index (χ4n) is 4.62. The summed E-state index contributed by atoms with van der Waals surface area (Å²) < 4.78 is 5.21. The molecule has 2 aliphatic heterocycles. The lowest BCUT2D eigenvalue weighted by Crippen LogP contribution is -2.47. The molecular weight excluding hydrogens is 332 g/mol. The quantitative estimate of drug-likeness (QED) is 0.858. The van der Waals surface area contributed by atoms with Crippen molar-refractivity contribution < 1.29 is 19.4 Å². The molecule has 3 fully saturated rings. The minimum absolute atomic E-state index is 0.0384. The molecule has 2 N–H and O–H groups in total. The molecule has 1 aromatic carbocycles. The number of hydrogen-bond donors (Lipinski definition) is 2. The van der Waals surface area contributed by atoms with Gasteiger partial charge in [-0.1, -0.05) is 12.1 Å². The number of ether oxygens (including phenoxy) is 1. The molecule has 140 valence electrons. The van der Waals surface area contributed by atoms with Gasteiger partial charge < -0.3 is 20.1 Å². The number of piperidine rings is 1. The molecule has 0 unspecified atom stereocenters. The average Bonchev–Trinajstić information content (AvgIpc) is 3.38. The second-order valence-electron chi connectivity index (χ2n) is 8.08. The molecule has 0 bridgehead atoms. The molecule has 0 radical (unpaired) electrons. The lowest BCUT2D eigenvalue weighted by Gasteiger charge is -2.40. The van der Waals surface area contributed by atoms with Gasteiger partial charge in [0.05, 0.1) is 12.5 Å². The molecule has 1 aromatic rings. The maximum absolute atomic E-state index is 13.2. The molecule has 1 saturated carbocycles. The summed E-state index contributed by atoms with van der Waals surface area (Å²) in [6, 6.07) is 7.42. The molecule has 0 aromatic heterocycles. The number of likely N-dealkylation sites (tertiary alicyclic amines) is 1. The highest BCUT2D eigenvalue weighted by Crippen LogP contribution is 2.51. The summed E-state index contributed by atoms with van der Waals surface area (Å²) in [5, 5.41) is 12.3. The Bertz CT molecular complexity index is 703. The van der Waals surface area contributed by atoms with Crippen LogP contribution in [0.4, 0.5) is 0 Å². The van der Waals surface area contributed by atoms with Crippen LogP contribution < -0.4 is 10.1 Å². The SMILES string of the molecule is COc1ccc(C2(C(=O)N3CCC4(CC3)CN[C@H](C(=O)O)C4)CC2)cc1. The zero-order valence-corrected chi connectivity index (χ0v) is 15.2. The van der Waals surface area contributed by atoms with Crippen LogP contribution in [-0.2, 0) is 15.0 Å². The smallest absolute Gasteiger partial charge is 0.320 e. The number of rotatable bonds is 4. The minimum Gasteiger partial charge on any atom is -0.497 e. The normalized spacial score (nSPS) is 25.9. The van der Waals surface area contributed by atoms with E-state index in [0.29, 0.717) is 6.42 Å². The van der Waals surface area contributed by atoms with Crippen molar-refractivity contribution in [3.63, 3.8) is 0 Å². The van der Waals surface area contributed by atoms with Crippen molar-refractivity contribution in [3.8, 4) is 5.75 Å². The predicted octanol–water partition coefficient (Wildman–Crippen LogP) is 1.78. The largest absolute Gasteiger partial charge is 0.497 e. The Morgan fingerprint density at radius 3 is 2.31 bits per heavy atom. The number of aliphatic carboxylic acids is 1. The van der Waals surface area contributed by atoms with Gasteiger partial charge in [-0.3, -0.25) is 9.59 Å². The van der Waals surface area contributed by atoms with Crippen molar-refractivity contribution in [3.05, 3.63) is 29.8 Å². The number of carboxylic acids is 1. The molecule has 26 heavy (non-hydrogen) atoms. The fraction of sp³-hybridized carbons (Fsp3) is 0.600. The van der Waals surface area contributed by atoms with Crippen molar-refractivity contribution in [2.24, 2.45) is 5.41 Å². The summed E-state index contributed by atoms with van der Waals surface area (Å²) in [5.74, 6) is 0.272. The van der Waals surface area contributed by atoms with Gasteiger partial charge in [-0.25, -0.2) is 0 Å². The van der Waals surface area contributed by atoms with E-state index in [4.69, 9.17) is 4.74 Å². The molecule has 4 rings (SSSR count). The molecule has 1 spiro atoms. The van der Waals surface area contributed by atoms with Crippen LogP contribution in [0.2, 0.25) is 0 Å². The molecule has 2 saturated heterocycles. The Labute approximate surface area is 153 Å². The number of carboxylic acid groups (broad SMARTS) is 1. The monoisotopic (exact) mass is 358 g/mol. The van der Waals surface area contributed by atoms with Crippen LogP contribution in [0.1, 0.15) is 37.7 Å². The van der Waals surface area contributed by atoms with Gasteiger partial charge in [-0.15, -0.1) is 0 Å². The predicted molar refractivity (Wildman–Crippen MR) is 96.2 cm³/mol. The number of nitrogens with zero attached hydrogens (tertiary/aromatic N) is 1. The zero-order chi connectivity index (χ0) is 18.4. The second-order valence-corrected chi connectivity index (χ2v) is 8.08. The fourth-order valence-corrected chi connectivity index (χ4v) is 4.62. The van der Waals surface area contributed by atoms with Crippen molar-refractivity contribution in [2.75, 3.05) is 26.7 Å². The summed E-state index contributed by atoms with van der Waals surface area (Å²) in [7, 11) is 1.64. The van der Waals surface area contributed by atoms with Gasteiger partial charge in [-0.2, -0.15) is 0 Å². The topological polar surface area (TPSA) is 78.9 Å². The van der Waals surface area contributed by atoms with Gasteiger partial charge >= 0.3 is 5.97 Å². The highest BCUT2D eigenvalue weighted by atomic mass is 16.5. The first kappa shape index (κ1) is 17.3. The number of carbonyl (C=O) groups excluding carboxylic acids is 1. The average molecular weight is 358 g/mol. The van der Waals surface area contributed by atoms with Gasteiger partial charge in [-0.05, 0) is 55.2 Å². The molecule has 2 heterocycles. The third-order valence-electron chi connectivity index (χ3n) is 6.57. The van der Waals surface area contributed by atoms with E-state index >= 15 is 0 Å². The van der Waals surface area contributed by atoms with Crippen molar-refractivity contribution in [2.45, 2.75) is 43.6 Å². The number of carbonyl (C=O) groups is 2. The third kappa shape index (κ3) is 2.86. The number of benzene rings is 1. The maximum atomic E-state index is 13.2. The lowest BCUT2D eigenvalue weighted by atomic mass is 9.76. The lowest BCUT2D eigenvalue weighted by molar-refractivity contribution is -0.140. The van der Waals surface area contributed by atoms with E-state index in [0.717, 1.165) is 56.6 Å². The first-order chi connectivity index (χ1) is 12.5. The maximum Gasteiger partial charge on any atom is 0.320 e. The van der Waals surface area contributed by atoms with Crippen molar-refractivity contribution in [1.29, 1.82) is 0 Å². The Kier molecular flexibility index (Phi) is 4.18. The van der Waals surface area contributed by atoms with Crippen LogP contribution >= 0.6 is 0 Å². The summed E-state index contributed by atoms with van der Waals surface area (Å²) in [6.07, 6.45) is 4.25. The Morgan fingerprint density at radius 1 is 1.15 bits per heavy atom. The molecular formula is C20H26N2O4. The van der Waals surface area contributed by atoms with Crippen LogP contribution in [0.25, 0.3) is 0 Å². The summed E-state index contributed by atoms with van der Waals surface area (Å²) in [4.78, 5) is 26.4. The molecule has 1 amide bonds. The number of hydrogen-bond acceptors (Lipinski definition) is 4. The van der Waals surface area contributed by atoms with Crippen LogP contribution in [0.3, 0.4) is 0 Å². The number of amides is 1. The zero-order valence-electron chi connectivity index (χ0n) is 15.2. The van der Waals surface area contributed by atoms with Crippen LogP contribution in [0.5, 0.6) is 5.75 Å². The van der Waals surface area contributed by atoms with Crippen LogP contribution in [0, 0.1) is 5.41 Å². The van der Waals surface area contributed by atoms with E-state index in [9.17, 15) is 14.7 Å². The highest BCUT2D eigenvalue weighted by molar-refractivity contribution is 5.91. The van der Waals surface area contributed by atoms with Gasteiger partial charge in [0.25, 0.3) is 0 Å². The Balaban J connectivity index is 1.41. The van der Waals surface area contributed by atoms with E-state index in [-0.39, 0.29) is 16.7 Å². The second kappa shape index (κ2) is 6.27. The Morgan fingerprint density at radius 2 is 1.81 bits per heavy atom. The molecule has 6 heteroatoms. The first-order valence-electron chi connectivity index (χ1n) is 9.38. The summed E-state index contributed by atoms with van der Waals surface area (Å²) >= 11 is 0. The van der Waals surface area contributed by atoms with Crippen molar-refractivity contribution >= 4 is 11.9 Å². The van der Waals surface area contributed by atoms with Crippen LogP contribution in [-0.4, -0.2) is 54.7 Å². The van der Waals surface area contributed by atoms with E-state index in [1.807, 2.05) is 29.2 Å². The van der Waals surface area contributed by atoms with Gasteiger partial charge in [0.15, 0.2) is 0 Å². The summed E-state index contributed by atoms with van der Waals surface area (Å²) in [6.45, 7) is 2.20.